The summed E-state index contributed by atoms with van der Waals surface area (Å²) in [7, 11) is 0. The van der Waals surface area contributed by atoms with E-state index < -0.39 is 5.97 Å². The molecular weight excluding hydrogens is 218 g/mol. The van der Waals surface area contributed by atoms with E-state index in [9.17, 15) is 9.59 Å². The van der Waals surface area contributed by atoms with Crippen molar-refractivity contribution in [2.45, 2.75) is 32.9 Å². The Morgan fingerprint density at radius 3 is 2.53 bits per heavy atom. The van der Waals surface area contributed by atoms with Gasteiger partial charge in [0.2, 0.25) is 0 Å². The fraction of sp³-hybridized carbons (Fsp3) is 0.385. The fourth-order valence-corrected chi connectivity index (χ4v) is 2.00. The van der Waals surface area contributed by atoms with Gasteiger partial charge in [0.1, 0.15) is 0 Å². The Kier molecular flexibility index (Phi) is 2.45. The van der Waals surface area contributed by atoms with Crippen molar-refractivity contribution < 1.29 is 14.7 Å². The van der Waals surface area contributed by atoms with Crippen LogP contribution in [0.4, 0.5) is 0 Å². The van der Waals surface area contributed by atoms with Gasteiger partial charge in [0.15, 0.2) is 0 Å². The second-order valence-electron chi connectivity index (χ2n) is 5.24. The zero-order chi connectivity index (χ0) is 12.8. The van der Waals surface area contributed by atoms with Crippen LogP contribution in [0.3, 0.4) is 0 Å². The number of carboxylic acid groups (broad SMARTS) is 1. The number of benzene rings is 1. The third-order valence-corrected chi connectivity index (χ3v) is 2.97. The summed E-state index contributed by atoms with van der Waals surface area (Å²) in [5.74, 6) is -0.987. The van der Waals surface area contributed by atoms with Gasteiger partial charge in [-0.1, -0.05) is 0 Å². The molecule has 0 aliphatic carbocycles. The number of carboxylic acids is 1. The van der Waals surface area contributed by atoms with E-state index in [2.05, 4.69) is 0 Å². The molecule has 1 aliphatic rings. The summed E-state index contributed by atoms with van der Waals surface area (Å²) >= 11 is 0. The van der Waals surface area contributed by atoms with Crippen LogP contribution in [0.2, 0.25) is 0 Å². The molecule has 0 fully saturated rings. The van der Waals surface area contributed by atoms with Crippen LogP contribution in [0.1, 0.15) is 47.1 Å². The minimum atomic E-state index is -0.963. The largest absolute Gasteiger partial charge is 0.478 e. The van der Waals surface area contributed by atoms with Gasteiger partial charge in [0, 0.05) is 17.6 Å². The summed E-state index contributed by atoms with van der Waals surface area (Å²) in [6.45, 7) is 6.39. The lowest BCUT2D eigenvalue weighted by Crippen LogP contribution is -2.41. The van der Waals surface area contributed by atoms with Crippen molar-refractivity contribution in [2.75, 3.05) is 0 Å². The lowest BCUT2D eigenvalue weighted by molar-refractivity contribution is 0.0609. The van der Waals surface area contributed by atoms with E-state index in [-0.39, 0.29) is 17.0 Å². The van der Waals surface area contributed by atoms with Gasteiger partial charge < -0.3 is 10.0 Å². The highest BCUT2D eigenvalue weighted by Crippen LogP contribution is 2.29. The molecule has 0 unspecified atom stereocenters. The average Bonchev–Trinajstić information content (AvgIpc) is 2.55. The number of rotatable bonds is 1. The number of carbonyl (C=O) groups excluding carboxylic acids is 1. The van der Waals surface area contributed by atoms with Gasteiger partial charge in [0.05, 0.1) is 5.56 Å². The molecule has 1 aromatic rings. The van der Waals surface area contributed by atoms with Gasteiger partial charge in [-0.25, -0.2) is 4.79 Å². The number of fused-ring (bicyclic) bond motifs is 1. The third-order valence-electron chi connectivity index (χ3n) is 2.97. The van der Waals surface area contributed by atoms with Crippen LogP contribution in [0.5, 0.6) is 0 Å². The molecule has 17 heavy (non-hydrogen) atoms. The van der Waals surface area contributed by atoms with E-state index in [1.165, 1.54) is 6.07 Å². The van der Waals surface area contributed by atoms with Crippen molar-refractivity contribution in [1.29, 1.82) is 0 Å². The monoisotopic (exact) mass is 233 g/mol. The van der Waals surface area contributed by atoms with Crippen LogP contribution in [-0.4, -0.2) is 27.4 Å². The van der Waals surface area contributed by atoms with Crippen LogP contribution in [-0.2, 0) is 6.54 Å². The lowest BCUT2D eigenvalue weighted by atomic mass is 10.1. The van der Waals surface area contributed by atoms with Gasteiger partial charge in [-0.2, -0.15) is 0 Å². The van der Waals surface area contributed by atoms with Gasteiger partial charge in [0.25, 0.3) is 5.91 Å². The molecule has 0 aromatic heterocycles. The molecule has 1 aliphatic heterocycles. The molecule has 0 atom stereocenters. The van der Waals surface area contributed by atoms with Crippen LogP contribution in [0.25, 0.3) is 0 Å². The molecule has 1 aromatic carbocycles. The van der Waals surface area contributed by atoms with Crippen molar-refractivity contribution in [1.82, 2.24) is 4.90 Å². The lowest BCUT2D eigenvalue weighted by Gasteiger charge is -2.31. The van der Waals surface area contributed by atoms with Crippen LogP contribution < -0.4 is 0 Å². The minimum Gasteiger partial charge on any atom is -0.478 e. The Morgan fingerprint density at radius 1 is 1.35 bits per heavy atom. The molecule has 90 valence electrons. The topological polar surface area (TPSA) is 57.6 Å². The summed E-state index contributed by atoms with van der Waals surface area (Å²) in [6.07, 6.45) is 0. The number of hydrogen-bond acceptors (Lipinski definition) is 2. The zero-order valence-electron chi connectivity index (χ0n) is 10.2. The van der Waals surface area contributed by atoms with Crippen LogP contribution in [0.15, 0.2) is 18.2 Å². The Hall–Kier alpha value is -1.84. The molecule has 0 radical (unpaired) electrons. The Bertz CT molecular complexity index is 500. The number of nitrogens with zero attached hydrogens (tertiary/aromatic N) is 1. The highest BCUT2D eigenvalue weighted by molar-refractivity contribution is 6.00. The molecular formula is C13H15NO3. The number of carbonyl (C=O) groups is 2. The Morgan fingerprint density at radius 2 is 2.00 bits per heavy atom. The molecule has 2 rings (SSSR count). The molecule has 4 nitrogen and oxygen atoms in total. The molecule has 1 amide bonds. The highest BCUT2D eigenvalue weighted by Gasteiger charge is 2.34. The van der Waals surface area contributed by atoms with Gasteiger partial charge in [-0.05, 0) is 44.5 Å². The quantitative estimate of drug-likeness (QED) is 0.808. The number of aromatic carboxylic acids is 1. The normalized spacial score (nSPS) is 15.0. The molecule has 1 N–H and O–H groups in total. The summed E-state index contributed by atoms with van der Waals surface area (Å²) in [5, 5.41) is 8.91. The van der Waals surface area contributed by atoms with Gasteiger partial charge in [-0.3, -0.25) is 4.79 Å². The third kappa shape index (κ3) is 1.90. The average molecular weight is 233 g/mol. The summed E-state index contributed by atoms with van der Waals surface area (Å²) in [5.41, 5.74) is 1.39. The SMILES string of the molecule is CC(C)(C)N1Cc2cc(C(=O)O)ccc2C1=O. The molecule has 4 heteroatoms. The Balaban J connectivity index is 2.42. The second-order valence-corrected chi connectivity index (χ2v) is 5.24. The van der Waals surface area contributed by atoms with Gasteiger partial charge >= 0.3 is 5.97 Å². The van der Waals surface area contributed by atoms with E-state index in [1.807, 2.05) is 20.8 Å². The maximum atomic E-state index is 12.1. The smallest absolute Gasteiger partial charge is 0.335 e. The van der Waals surface area contributed by atoms with E-state index in [4.69, 9.17) is 5.11 Å². The zero-order valence-corrected chi connectivity index (χ0v) is 10.2. The summed E-state index contributed by atoms with van der Waals surface area (Å²) in [6, 6.07) is 4.67. The predicted molar refractivity (Wildman–Crippen MR) is 63.0 cm³/mol. The molecule has 0 spiro atoms. The first-order chi connectivity index (χ1) is 7.80. The summed E-state index contributed by atoms with van der Waals surface area (Å²) < 4.78 is 0. The van der Waals surface area contributed by atoms with Crippen LogP contribution >= 0.6 is 0 Å². The highest BCUT2D eigenvalue weighted by atomic mass is 16.4. The maximum absolute atomic E-state index is 12.1. The van der Waals surface area contributed by atoms with E-state index in [0.717, 1.165) is 5.56 Å². The Labute approximate surface area is 99.9 Å². The number of hydrogen-bond donors (Lipinski definition) is 1. The first-order valence-electron chi connectivity index (χ1n) is 5.49. The maximum Gasteiger partial charge on any atom is 0.335 e. The van der Waals surface area contributed by atoms with Gasteiger partial charge in [-0.15, -0.1) is 0 Å². The van der Waals surface area contributed by atoms with Crippen molar-refractivity contribution in [3.05, 3.63) is 34.9 Å². The van der Waals surface area contributed by atoms with E-state index in [0.29, 0.717) is 12.1 Å². The van der Waals surface area contributed by atoms with Crippen molar-refractivity contribution in [2.24, 2.45) is 0 Å². The second kappa shape index (κ2) is 3.58. The van der Waals surface area contributed by atoms with Crippen molar-refractivity contribution in [3.63, 3.8) is 0 Å². The fourth-order valence-electron chi connectivity index (χ4n) is 2.00. The molecule has 1 heterocycles. The van der Waals surface area contributed by atoms with Crippen molar-refractivity contribution >= 4 is 11.9 Å². The molecule has 0 bridgehead atoms. The first kappa shape index (κ1) is 11.6. The predicted octanol–water partition coefficient (Wildman–Crippen LogP) is 2.14. The van der Waals surface area contributed by atoms with Crippen molar-refractivity contribution in [3.8, 4) is 0 Å². The van der Waals surface area contributed by atoms with Crippen LogP contribution in [0, 0.1) is 0 Å². The first-order valence-corrected chi connectivity index (χ1v) is 5.49. The number of amides is 1. The standard InChI is InChI=1S/C13H15NO3/c1-13(2,3)14-7-9-6-8(12(16)17)4-5-10(9)11(14)15/h4-6H,7H2,1-3H3,(H,16,17). The molecule has 0 saturated heterocycles. The molecule has 0 saturated carbocycles. The summed E-state index contributed by atoms with van der Waals surface area (Å²) in [4.78, 5) is 24.7. The van der Waals surface area contributed by atoms with E-state index >= 15 is 0 Å². The minimum absolute atomic E-state index is 0.0237. The van der Waals surface area contributed by atoms with E-state index in [1.54, 1.807) is 17.0 Å².